The largest absolute Gasteiger partial charge is 0.490 e. The zero-order chi connectivity index (χ0) is 19.1. The van der Waals surface area contributed by atoms with Gasteiger partial charge in [-0.15, -0.1) is 0 Å². The van der Waals surface area contributed by atoms with Crippen molar-refractivity contribution in [1.29, 1.82) is 0 Å². The number of non-ortho nitro benzene ring substituents is 1. The van der Waals surface area contributed by atoms with Gasteiger partial charge >= 0.3 is 11.9 Å². The van der Waals surface area contributed by atoms with Gasteiger partial charge in [0.1, 0.15) is 19.0 Å². The molecule has 0 aliphatic carbocycles. The Balaban J connectivity index is 1.99. The maximum atomic E-state index is 12.1. The van der Waals surface area contributed by atoms with Gasteiger partial charge in [-0.2, -0.15) is 0 Å². The summed E-state index contributed by atoms with van der Waals surface area (Å²) in [6.45, 7) is 0.0390. The van der Waals surface area contributed by atoms with Crippen molar-refractivity contribution in [2.75, 3.05) is 20.3 Å². The fourth-order valence-electron chi connectivity index (χ4n) is 1.98. The number of hydrogen-bond acceptors (Lipinski definition) is 7. The molecule has 0 N–H and O–H groups in total. The van der Waals surface area contributed by atoms with Crippen LogP contribution in [0.5, 0.6) is 5.75 Å². The first kappa shape index (κ1) is 19.4. The molecule has 8 nitrogen and oxygen atoms in total. The van der Waals surface area contributed by atoms with E-state index < -0.39 is 22.5 Å². The zero-order valence-electron chi connectivity index (χ0n) is 13.6. The SMILES string of the molecule is COC(=O)c1cc(C(=O)OCCOc2ccc(Br)cc2)cc([N+](=O)[O-])c1. The van der Waals surface area contributed by atoms with Crippen molar-refractivity contribution in [2.45, 2.75) is 0 Å². The predicted molar refractivity (Wildman–Crippen MR) is 94.4 cm³/mol. The van der Waals surface area contributed by atoms with Crippen LogP contribution in [0.2, 0.25) is 0 Å². The van der Waals surface area contributed by atoms with Gasteiger partial charge in [-0.25, -0.2) is 9.59 Å². The van der Waals surface area contributed by atoms with Crippen LogP contribution in [0, 0.1) is 10.1 Å². The molecule has 0 amide bonds. The minimum absolute atomic E-state index is 0.0643. The number of halogens is 1. The van der Waals surface area contributed by atoms with Crippen LogP contribution in [-0.2, 0) is 9.47 Å². The predicted octanol–water partition coefficient (Wildman–Crippen LogP) is 3.38. The summed E-state index contributed by atoms with van der Waals surface area (Å²) in [7, 11) is 1.14. The standard InChI is InChI=1S/C17H14BrNO7/c1-24-16(20)11-8-12(10-14(9-11)19(22)23)17(21)26-7-6-25-15-4-2-13(18)3-5-15/h2-5,8-10H,6-7H2,1H3. The molecule has 2 aromatic rings. The third-order valence-electron chi connectivity index (χ3n) is 3.18. The van der Waals surface area contributed by atoms with Gasteiger partial charge in [0.15, 0.2) is 0 Å². The van der Waals surface area contributed by atoms with E-state index in [9.17, 15) is 19.7 Å². The van der Waals surface area contributed by atoms with E-state index >= 15 is 0 Å². The van der Waals surface area contributed by atoms with Gasteiger partial charge < -0.3 is 14.2 Å². The first-order chi connectivity index (χ1) is 12.4. The lowest BCUT2D eigenvalue weighted by Crippen LogP contribution is -2.13. The molecule has 136 valence electrons. The molecule has 0 heterocycles. The fraction of sp³-hybridized carbons (Fsp3) is 0.176. The highest BCUT2D eigenvalue weighted by Crippen LogP contribution is 2.19. The molecular formula is C17H14BrNO7. The van der Waals surface area contributed by atoms with Gasteiger partial charge in [-0.1, -0.05) is 15.9 Å². The number of carbonyl (C=O) groups is 2. The van der Waals surface area contributed by atoms with Crippen molar-refractivity contribution in [2.24, 2.45) is 0 Å². The number of benzene rings is 2. The topological polar surface area (TPSA) is 105 Å². The van der Waals surface area contributed by atoms with E-state index in [0.717, 1.165) is 23.7 Å². The van der Waals surface area contributed by atoms with Gasteiger partial charge in [0.05, 0.1) is 23.2 Å². The Kier molecular flexibility index (Phi) is 6.67. The summed E-state index contributed by atoms with van der Waals surface area (Å²) < 4.78 is 15.9. The number of esters is 2. The minimum atomic E-state index is -0.807. The maximum absolute atomic E-state index is 12.1. The molecule has 0 radical (unpaired) electrons. The van der Waals surface area contributed by atoms with Crippen LogP contribution in [0.25, 0.3) is 0 Å². The summed E-state index contributed by atoms with van der Waals surface area (Å²) in [5, 5.41) is 11.0. The monoisotopic (exact) mass is 423 g/mol. The number of methoxy groups -OCH3 is 1. The lowest BCUT2D eigenvalue weighted by Gasteiger charge is -2.08. The van der Waals surface area contributed by atoms with Crippen LogP contribution in [0.4, 0.5) is 5.69 Å². The number of hydrogen-bond donors (Lipinski definition) is 0. The molecule has 0 unspecified atom stereocenters. The summed E-state index contributed by atoms with van der Waals surface area (Å²) in [6.07, 6.45) is 0. The zero-order valence-corrected chi connectivity index (χ0v) is 15.2. The van der Waals surface area contributed by atoms with E-state index in [0.29, 0.717) is 5.75 Å². The first-order valence-electron chi connectivity index (χ1n) is 7.34. The highest BCUT2D eigenvalue weighted by atomic mass is 79.9. The number of nitro benzene ring substituents is 1. The number of nitrogens with zero attached hydrogens (tertiary/aromatic N) is 1. The molecule has 0 aromatic heterocycles. The van der Waals surface area contributed by atoms with Crippen molar-refractivity contribution in [3.8, 4) is 5.75 Å². The van der Waals surface area contributed by atoms with E-state index in [4.69, 9.17) is 9.47 Å². The molecular weight excluding hydrogens is 410 g/mol. The lowest BCUT2D eigenvalue weighted by molar-refractivity contribution is -0.384. The average molecular weight is 424 g/mol. The number of nitro groups is 1. The third-order valence-corrected chi connectivity index (χ3v) is 3.71. The smallest absolute Gasteiger partial charge is 0.338 e. The quantitative estimate of drug-likeness (QED) is 0.290. The Bertz CT molecular complexity index is 820. The van der Waals surface area contributed by atoms with Crippen LogP contribution < -0.4 is 4.74 Å². The molecule has 0 bridgehead atoms. The summed E-state index contributed by atoms with van der Waals surface area (Å²) in [4.78, 5) is 33.9. The van der Waals surface area contributed by atoms with Gasteiger partial charge in [0.2, 0.25) is 0 Å². The lowest BCUT2D eigenvalue weighted by atomic mass is 10.1. The van der Waals surface area contributed by atoms with Crippen LogP contribution in [0.1, 0.15) is 20.7 Å². The van der Waals surface area contributed by atoms with Crippen LogP contribution in [-0.4, -0.2) is 37.2 Å². The van der Waals surface area contributed by atoms with E-state index in [1.165, 1.54) is 6.07 Å². The fourth-order valence-corrected chi connectivity index (χ4v) is 2.24. The molecule has 9 heteroatoms. The summed E-state index contributed by atoms with van der Waals surface area (Å²) in [6, 6.07) is 10.3. The third kappa shape index (κ3) is 5.28. The van der Waals surface area contributed by atoms with E-state index in [2.05, 4.69) is 20.7 Å². The van der Waals surface area contributed by atoms with E-state index in [-0.39, 0.29) is 24.3 Å². The van der Waals surface area contributed by atoms with Gasteiger partial charge in [-0.05, 0) is 30.3 Å². The Morgan fingerprint density at radius 2 is 1.65 bits per heavy atom. The highest BCUT2D eigenvalue weighted by Gasteiger charge is 2.19. The molecule has 0 aliphatic rings. The Morgan fingerprint density at radius 1 is 1.04 bits per heavy atom. The average Bonchev–Trinajstić information content (AvgIpc) is 2.65. The van der Waals surface area contributed by atoms with Crippen LogP contribution in [0.3, 0.4) is 0 Å². The van der Waals surface area contributed by atoms with Crippen molar-refractivity contribution in [3.63, 3.8) is 0 Å². The molecule has 0 fully saturated rings. The summed E-state index contributed by atoms with van der Waals surface area (Å²) >= 11 is 3.30. The number of ether oxygens (including phenoxy) is 3. The molecule has 26 heavy (non-hydrogen) atoms. The molecule has 2 aromatic carbocycles. The molecule has 0 spiro atoms. The Morgan fingerprint density at radius 3 is 2.23 bits per heavy atom. The van der Waals surface area contributed by atoms with Gasteiger partial charge in [0, 0.05) is 16.6 Å². The number of carbonyl (C=O) groups excluding carboxylic acids is 2. The minimum Gasteiger partial charge on any atom is -0.490 e. The van der Waals surface area contributed by atoms with E-state index in [1.54, 1.807) is 24.3 Å². The molecule has 0 atom stereocenters. The molecule has 2 rings (SSSR count). The molecule has 0 saturated carbocycles. The van der Waals surface area contributed by atoms with Gasteiger partial charge in [0.25, 0.3) is 5.69 Å². The van der Waals surface area contributed by atoms with Crippen molar-refractivity contribution in [3.05, 3.63) is 68.2 Å². The second-order valence-corrected chi connectivity index (χ2v) is 5.87. The molecule has 0 saturated heterocycles. The van der Waals surface area contributed by atoms with Crippen molar-refractivity contribution >= 4 is 33.6 Å². The van der Waals surface area contributed by atoms with Gasteiger partial charge in [-0.3, -0.25) is 10.1 Å². The second kappa shape index (κ2) is 8.95. The van der Waals surface area contributed by atoms with Crippen molar-refractivity contribution < 1.29 is 28.7 Å². The summed E-state index contributed by atoms with van der Waals surface area (Å²) in [5.41, 5.74) is -0.644. The normalized spacial score (nSPS) is 10.1. The van der Waals surface area contributed by atoms with E-state index in [1.807, 2.05) is 0 Å². The first-order valence-corrected chi connectivity index (χ1v) is 8.13. The van der Waals surface area contributed by atoms with Crippen molar-refractivity contribution in [1.82, 2.24) is 0 Å². The van der Waals surface area contributed by atoms with Crippen LogP contribution in [0.15, 0.2) is 46.9 Å². The second-order valence-electron chi connectivity index (χ2n) is 4.96. The Labute approximate surface area is 156 Å². The highest BCUT2D eigenvalue weighted by molar-refractivity contribution is 9.10. The number of rotatable bonds is 7. The molecule has 0 aliphatic heterocycles. The van der Waals surface area contributed by atoms with Crippen LogP contribution >= 0.6 is 15.9 Å². The summed E-state index contributed by atoms with van der Waals surface area (Å²) in [5.74, 6) is -0.993. The maximum Gasteiger partial charge on any atom is 0.338 e. The Hall–Kier alpha value is -2.94.